The number of hydrogen-bond acceptors (Lipinski definition) is 0. The minimum absolute atomic E-state index is 0.107. The molecule has 0 rings (SSSR count). The Balaban J connectivity index is 4.37. The predicted octanol–water partition coefficient (Wildman–Crippen LogP) is 5.28. The van der Waals surface area contributed by atoms with E-state index in [0.29, 0.717) is 4.25 Å². The SMILES string of the molecule is CCP(CC)C[CH](P(CC)CC)[Rh]([Cl])[Cl]. The molecule has 0 heterocycles. The Kier molecular flexibility index (Phi) is 11.4. The Labute approximate surface area is 111 Å². The Morgan fingerprint density at radius 2 is 1.40 bits per heavy atom. The molecular formula is C10H23Cl2P2Rh. The van der Waals surface area contributed by atoms with Crippen LogP contribution in [-0.2, 0) is 14.0 Å². The van der Waals surface area contributed by atoms with Gasteiger partial charge < -0.3 is 0 Å². The van der Waals surface area contributed by atoms with Gasteiger partial charge in [0.15, 0.2) is 0 Å². The molecule has 0 nitrogen and oxygen atoms in total. The van der Waals surface area contributed by atoms with E-state index in [-0.39, 0.29) is 15.8 Å². The summed E-state index contributed by atoms with van der Waals surface area (Å²) in [6, 6.07) is 0. The maximum absolute atomic E-state index is 6.28. The summed E-state index contributed by atoms with van der Waals surface area (Å²) in [7, 11) is 12.9. The van der Waals surface area contributed by atoms with Crippen LogP contribution in [0.1, 0.15) is 27.7 Å². The van der Waals surface area contributed by atoms with E-state index in [1.54, 1.807) is 0 Å². The second-order valence-corrected chi connectivity index (χ2v) is 16.1. The van der Waals surface area contributed by atoms with Crippen molar-refractivity contribution >= 4 is 35.2 Å². The van der Waals surface area contributed by atoms with Crippen molar-refractivity contribution < 1.29 is 14.0 Å². The van der Waals surface area contributed by atoms with Gasteiger partial charge in [0.1, 0.15) is 0 Å². The van der Waals surface area contributed by atoms with Crippen LogP contribution in [0.2, 0.25) is 0 Å². The van der Waals surface area contributed by atoms with E-state index in [9.17, 15) is 0 Å². The molecule has 0 aromatic carbocycles. The minimum atomic E-state index is -1.39. The zero-order valence-corrected chi connectivity index (χ0v) is 15.0. The third-order valence-electron chi connectivity index (χ3n) is 2.66. The van der Waals surface area contributed by atoms with Crippen LogP contribution < -0.4 is 0 Å². The van der Waals surface area contributed by atoms with Gasteiger partial charge in [0.2, 0.25) is 0 Å². The van der Waals surface area contributed by atoms with E-state index in [2.05, 4.69) is 27.7 Å². The maximum atomic E-state index is 6.28. The van der Waals surface area contributed by atoms with E-state index >= 15 is 0 Å². The summed E-state index contributed by atoms with van der Waals surface area (Å²) in [5.74, 6) is 0. The molecule has 1 unspecified atom stereocenters. The summed E-state index contributed by atoms with van der Waals surface area (Å²) in [6.45, 7) is 9.21. The first-order chi connectivity index (χ1) is 7.10. The fourth-order valence-corrected chi connectivity index (χ4v) is 16.0. The van der Waals surface area contributed by atoms with Crippen LogP contribution in [0, 0.1) is 0 Å². The van der Waals surface area contributed by atoms with E-state index < -0.39 is 14.0 Å². The predicted molar refractivity (Wildman–Crippen MR) is 76.4 cm³/mol. The van der Waals surface area contributed by atoms with Crippen molar-refractivity contribution in [3.05, 3.63) is 0 Å². The average Bonchev–Trinajstić information content (AvgIpc) is 2.24. The third-order valence-corrected chi connectivity index (χ3v) is 15.9. The molecular weight excluding hydrogens is 356 g/mol. The van der Waals surface area contributed by atoms with Gasteiger partial charge in [-0.3, -0.25) is 0 Å². The third kappa shape index (κ3) is 6.53. The van der Waals surface area contributed by atoms with E-state index in [1.807, 2.05) is 0 Å². The zero-order chi connectivity index (χ0) is 11.8. The van der Waals surface area contributed by atoms with Crippen LogP contribution in [0.5, 0.6) is 0 Å². The summed E-state index contributed by atoms with van der Waals surface area (Å²) in [5, 5.41) is 0. The molecule has 0 spiro atoms. The molecule has 0 bridgehead atoms. The molecule has 0 saturated heterocycles. The number of halogens is 2. The van der Waals surface area contributed by atoms with Crippen molar-refractivity contribution in [1.29, 1.82) is 0 Å². The average molecular weight is 379 g/mol. The van der Waals surface area contributed by atoms with Crippen molar-refractivity contribution in [2.45, 2.75) is 31.9 Å². The monoisotopic (exact) mass is 378 g/mol. The van der Waals surface area contributed by atoms with Gasteiger partial charge in [-0.25, -0.2) is 0 Å². The second-order valence-electron chi connectivity index (χ2n) is 3.30. The van der Waals surface area contributed by atoms with Crippen LogP contribution in [0.4, 0.5) is 0 Å². The first-order valence-corrected chi connectivity index (χ1v) is 14.4. The Morgan fingerprint density at radius 3 is 1.67 bits per heavy atom. The van der Waals surface area contributed by atoms with Crippen LogP contribution in [0.3, 0.4) is 0 Å². The zero-order valence-electron chi connectivity index (χ0n) is 10.1. The van der Waals surface area contributed by atoms with Gasteiger partial charge in [0.25, 0.3) is 0 Å². The van der Waals surface area contributed by atoms with Crippen molar-refractivity contribution in [3.63, 3.8) is 0 Å². The van der Waals surface area contributed by atoms with Gasteiger partial charge >= 0.3 is 112 Å². The first kappa shape index (κ1) is 17.1. The summed E-state index contributed by atoms with van der Waals surface area (Å²) in [4.78, 5) is 0. The first-order valence-electron chi connectivity index (χ1n) is 5.52. The molecule has 15 heavy (non-hydrogen) atoms. The Hall–Kier alpha value is 2.06. The standard InChI is InChI=1S/C10H23P2.2ClH.Rh/c1-5-11(6-2)9-10-12(7-3)8-4;;;/h9H,5-8,10H2,1-4H3;2*1H;/q;;;+2/p-2. The molecule has 1 atom stereocenters. The van der Waals surface area contributed by atoms with Gasteiger partial charge in [-0.2, -0.15) is 0 Å². The molecule has 0 radical (unpaired) electrons. The molecule has 0 aliphatic rings. The molecule has 5 heteroatoms. The molecule has 0 amide bonds. The molecule has 0 aliphatic carbocycles. The second kappa shape index (κ2) is 10.0. The molecule has 96 valence electrons. The normalized spacial score (nSPS) is 14.8. The van der Waals surface area contributed by atoms with E-state index in [4.69, 9.17) is 19.4 Å². The van der Waals surface area contributed by atoms with Crippen molar-refractivity contribution in [1.82, 2.24) is 0 Å². The van der Waals surface area contributed by atoms with Crippen molar-refractivity contribution in [2.75, 3.05) is 30.8 Å². The van der Waals surface area contributed by atoms with Crippen LogP contribution in [0.25, 0.3) is 0 Å². The Bertz CT molecular complexity index is 150. The van der Waals surface area contributed by atoms with Crippen LogP contribution in [0.15, 0.2) is 0 Å². The van der Waals surface area contributed by atoms with Crippen molar-refractivity contribution in [3.8, 4) is 0 Å². The van der Waals surface area contributed by atoms with Gasteiger partial charge in [-0.1, -0.05) is 0 Å². The van der Waals surface area contributed by atoms with Crippen molar-refractivity contribution in [2.24, 2.45) is 0 Å². The molecule has 0 aromatic rings. The Morgan fingerprint density at radius 1 is 0.933 bits per heavy atom. The van der Waals surface area contributed by atoms with Gasteiger partial charge in [0.05, 0.1) is 0 Å². The fourth-order valence-electron chi connectivity index (χ4n) is 1.54. The molecule has 0 aliphatic heterocycles. The van der Waals surface area contributed by atoms with E-state index in [1.165, 1.54) is 30.8 Å². The van der Waals surface area contributed by atoms with Gasteiger partial charge in [-0.05, 0) is 0 Å². The van der Waals surface area contributed by atoms with Crippen LogP contribution in [-0.4, -0.2) is 35.1 Å². The topological polar surface area (TPSA) is 0 Å². The number of rotatable bonds is 8. The quantitative estimate of drug-likeness (QED) is 0.398. The van der Waals surface area contributed by atoms with Gasteiger partial charge in [0, 0.05) is 0 Å². The van der Waals surface area contributed by atoms with Gasteiger partial charge in [-0.15, -0.1) is 0 Å². The summed E-state index contributed by atoms with van der Waals surface area (Å²) in [6.07, 6.45) is 6.62. The molecule has 0 aromatic heterocycles. The van der Waals surface area contributed by atoms with Crippen LogP contribution >= 0.6 is 35.2 Å². The molecule has 0 fully saturated rings. The molecule has 0 saturated carbocycles. The summed E-state index contributed by atoms with van der Waals surface area (Å²) < 4.78 is 0.703. The number of hydrogen-bond donors (Lipinski definition) is 0. The summed E-state index contributed by atoms with van der Waals surface area (Å²) >= 11 is -1.39. The molecule has 0 N–H and O–H groups in total. The summed E-state index contributed by atoms with van der Waals surface area (Å²) in [5.41, 5.74) is 0. The fraction of sp³-hybridized carbons (Fsp3) is 1.00. The van der Waals surface area contributed by atoms with E-state index in [0.717, 1.165) is 0 Å².